The number of esters is 1. The van der Waals surface area contributed by atoms with Crippen LogP contribution in [-0.4, -0.2) is 11.9 Å². The smallest absolute Gasteiger partial charge is 0.363 e. The number of aliphatic imine (C=N–C) groups is 1. The molecule has 0 radical (unpaired) electrons. The molecule has 0 aromatic heterocycles. The Morgan fingerprint density at radius 1 is 1.00 bits per heavy atom. The third-order valence-electron chi connectivity index (χ3n) is 2.89. The maximum atomic E-state index is 11.9. The second kappa shape index (κ2) is 5.72. The fourth-order valence-corrected chi connectivity index (χ4v) is 2.18. The van der Waals surface area contributed by atoms with Crippen molar-refractivity contribution >= 4 is 41.1 Å². The zero-order valence-electron chi connectivity index (χ0n) is 10.7. The maximum absolute atomic E-state index is 11.9. The van der Waals surface area contributed by atoms with E-state index in [1.807, 2.05) is 30.3 Å². The Bertz CT molecular complexity index is 767. The fraction of sp³-hybridized carbons (Fsp3) is 0. The molecule has 1 aliphatic heterocycles. The molecule has 0 N–H and O–H groups in total. The van der Waals surface area contributed by atoms with Crippen molar-refractivity contribution in [3.8, 4) is 0 Å². The molecule has 0 saturated heterocycles. The molecule has 1 heterocycles. The quantitative estimate of drug-likeness (QED) is 0.610. The lowest BCUT2D eigenvalue weighted by atomic mass is 10.2. The summed E-state index contributed by atoms with van der Waals surface area (Å²) in [6.45, 7) is 0. The number of carbonyl (C=O) groups excluding carboxylic acids is 1. The Balaban J connectivity index is 1.95. The summed E-state index contributed by atoms with van der Waals surface area (Å²) in [7, 11) is 0. The first-order valence-corrected chi connectivity index (χ1v) is 6.92. The van der Waals surface area contributed by atoms with Crippen LogP contribution in [0.5, 0.6) is 0 Å². The van der Waals surface area contributed by atoms with E-state index in [0.717, 1.165) is 11.1 Å². The van der Waals surface area contributed by atoms with Crippen LogP contribution in [0.4, 0.5) is 0 Å². The highest BCUT2D eigenvalue weighted by molar-refractivity contribution is 6.42. The van der Waals surface area contributed by atoms with E-state index in [9.17, 15) is 4.79 Å². The molecule has 0 spiro atoms. The highest BCUT2D eigenvalue weighted by atomic mass is 35.5. The Morgan fingerprint density at radius 2 is 1.76 bits per heavy atom. The molecule has 0 bridgehead atoms. The van der Waals surface area contributed by atoms with Gasteiger partial charge >= 0.3 is 5.97 Å². The minimum Gasteiger partial charge on any atom is -0.402 e. The maximum Gasteiger partial charge on any atom is 0.363 e. The topological polar surface area (TPSA) is 38.7 Å². The van der Waals surface area contributed by atoms with Crippen molar-refractivity contribution in [2.45, 2.75) is 0 Å². The summed E-state index contributed by atoms with van der Waals surface area (Å²) >= 11 is 11.8. The summed E-state index contributed by atoms with van der Waals surface area (Å²) in [4.78, 5) is 16.1. The minimum absolute atomic E-state index is 0.229. The second-order valence-electron chi connectivity index (χ2n) is 4.38. The molecule has 0 amide bonds. The van der Waals surface area contributed by atoms with Gasteiger partial charge in [-0.05, 0) is 35.9 Å². The van der Waals surface area contributed by atoms with Gasteiger partial charge in [0.15, 0.2) is 5.70 Å². The van der Waals surface area contributed by atoms with E-state index >= 15 is 0 Å². The van der Waals surface area contributed by atoms with Gasteiger partial charge in [-0.2, -0.15) is 0 Å². The molecule has 0 unspecified atom stereocenters. The van der Waals surface area contributed by atoms with Crippen molar-refractivity contribution in [1.29, 1.82) is 0 Å². The van der Waals surface area contributed by atoms with Gasteiger partial charge in [0.25, 0.3) is 0 Å². The first-order chi connectivity index (χ1) is 10.1. The van der Waals surface area contributed by atoms with Crippen LogP contribution >= 0.6 is 23.2 Å². The van der Waals surface area contributed by atoms with Crippen molar-refractivity contribution in [2.75, 3.05) is 0 Å². The molecule has 0 atom stereocenters. The Hall–Kier alpha value is -2.10. The predicted octanol–water partition coefficient (Wildman–Crippen LogP) is 4.34. The molecular formula is C16H9Cl2NO2. The Labute approximate surface area is 131 Å². The number of halogens is 2. The SMILES string of the molecule is O=C1OC(c2ccccc2)=N/C1=C/c1ccc(Cl)c(Cl)c1. The summed E-state index contributed by atoms with van der Waals surface area (Å²) in [6.07, 6.45) is 1.61. The van der Waals surface area contributed by atoms with E-state index < -0.39 is 5.97 Å². The van der Waals surface area contributed by atoms with Crippen LogP contribution in [-0.2, 0) is 9.53 Å². The van der Waals surface area contributed by atoms with Gasteiger partial charge in [0.1, 0.15) is 0 Å². The first kappa shape index (κ1) is 13.9. The van der Waals surface area contributed by atoms with Gasteiger partial charge in [-0.25, -0.2) is 9.79 Å². The number of benzene rings is 2. The van der Waals surface area contributed by atoms with Crippen LogP contribution in [0, 0.1) is 0 Å². The van der Waals surface area contributed by atoms with Gasteiger partial charge < -0.3 is 4.74 Å². The van der Waals surface area contributed by atoms with Crippen LogP contribution in [0.2, 0.25) is 10.0 Å². The summed E-state index contributed by atoms with van der Waals surface area (Å²) in [6, 6.07) is 14.3. The lowest BCUT2D eigenvalue weighted by Crippen LogP contribution is -2.04. The van der Waals surface area contributed by atoms with Crippen molar-refractivity contribution in [3.63, 3.8) is 0 Å². The monoisotopic (exact) mass is 317 g/mol. The summed E-state index contributed by atoms with van der Waals surface area (Å²) in [5.41, 5.74) is 1.71. The number of rotatable bonds is 2. The standard InChI is InChI=1S/C16H9Cl2NO2/c17-12-7-6-10(8-13(12)18)9-14-16(20)21-15(19-14)11-4-2-1-3-5-11/h1-9H/b14-9+. The van der Waals surface area contributed by atoms with Crippen molar-refractivity contribution in [1.82, 2.24) is 0 Å². The number of ether oxygens (including phenoxy) is 1. The van der Waals surface area contributed by atoms with Gasteiger partial charge in [-0.3, -0.25) is 0 Å². The average molecular weight is 318 g/mol. The number of hydrogen-bond acceptors (Lipinski definition) is 3. The molecule has 3 rings (SSSR count). The Morgan fingerprint density at radius 3 is 2.48 bits per heavy atom. The molecule has 3 nitrogen and oxygen atoms in total. The summed E-state index contributed by atoms with van der Waals surface area (Å²) in [5.74, 6) is -0.188. The predicted molar refractivity (Wildman–Crippen MR) is 83.5 cm³/mol. The van der Waals surface area contributed by atoms with E-state index in [4.69, 9.17) is 27.9 Å². The van der Waals surface area contributed by atoms with E-state index in [0.29, 0.717) is 15.9 Å². The molecule has 0 saturated carbocycles. The molecular weight excluding hydrogens is 309 g/mol. The fourth-order valence-electron chi connectivity index (χ4n) is 1.87. The molecule has 2 aromatic rings. The summed E-state index contributed by atoms with van der Waals surface area (Å²) < 4.78 is 5.17. The van der Waals surface area contributed by atoms with Crippen LogP contribution in [0.25, 0.3) is 6.08 Å². The summed E-state index contributed by atoms with van der Waals surface area (Å²) in [5, 5.41) is 0.880. The van der Waals surface area contributed by atoms with Crippen molar-refractivity contribution in [3.05, 3.63) is 75.4 Å². The highest BCUT2D eigenvalue weighted by Crippen LogP contribution is 2.25. The van der Waals surface area contributed by atoms with Crippen LogP contribution < -0.4 is 0 Å². The largest absolute Gasteiger partial charge is 0.402 e. The number of hydrogen-bond donors (Lipinski definition) is 0. The van der Waals surface area contributed by atoms with Gasteiger partial charge in [0.05, 0.1) is 10.0 Å². The van der Waals surface area contributed by atoms with E-state index in [2.05, 4.69) is 4.99 Å². The molecule has 21 heavy (non-hydrogen) atoms. The van der Waals surface area contributed by atoms with Gasteiger partial charge in [-0.1, -0.05) is 47.5 Å². The van der Waals surface area contributed by atoms with E-state index in [1.165, 1.54) is 0 Å². The number of cyclic esters (lactones) is 1. The molecule has 0 fully saturated rings. The molecule has 0 aliphatic carbocycles. The molecule has 104 valence electrons. The molecule has 1 aliphatic rings. The zero-order chi connectivity index (χ0) is 14.8. The lowest BCUT2D eigenvalue weighted by Gasteiger charge is -1.98. The van der Waals surface area contributed by atoms with Crippen molar-refractivity contribution in [2.24, 2.45) is 4.99 Å². The van der Waals surface area contributed by atoms with Crippen LogP contribution in [0.3, 0.4) is 0 Å². The average Bonchev–Trinajstić information content (AvgIpc) is 2.85. The first-order valence-electron chi connectivity index (χ1n) is 6.16. The second-order valence-corrected chi connectivity index (χ2v) is 5.19. The third-order valence-corrected chi connectivity index (χ3v) is 3.63. The highest BCUT2D eigenvalue weighted by Gasteiger charge is 2.23. The van der Waals surface area contributed by atoms with E-state index in [1.54, 1.807) is 24.3 Å². The minimum atomic E-state index is -0.486. The number of nitrogens with zero attached hydrogens (tertiary/aromatic N) is 1. The normalized spacial score (nSPS) is 16.0. The molecule has 2 aromatic carbocycles. The van der Waals surface area contributed by atoms with Crippen LogP contribution in [0.1, 0.15) is 11.1 Å². The zero-order valence-corrected chi connectivity index (χ0v) is 12.2. The lowest BCUT2D eigenvalue weighted by molar-refractivity contribution is -0.129. The Kier molecular flexibility index (Phi) is 3.78. The van der Waals surface area contributed by atoms with Gasteiger partial charge in [0.2, 0.25) is 5.90 Å². The van der Waals surface area contributed by atoms with Gasteiger partial charge in [-0.15, -0.1) is 0 Å². The van der Waals surface area contributed by atoms with Crippen molar-refractivity contribution < 1.29 is 9.53 Å². The molecule has 5 heteroatoms. The van der Waals surface area contributed by atoms with Gasteiger partial charge in [0, 0.05) is 5.56 Å². The third kappa shape index (κ3) is 2.99. The van der Waals surface area contributed by atoms with E-state index in [-0.39, 0.29) is 5.70 Å². The van der Waals surface area contributed by atoms with Crippen LogP contribution in [0.15, 0.2) is 59.2 Å². The number of carbonyl (C=O) groups is 1.